The van der Waals surface area contributed by atoms with Crippen molar-refractivity contribution in [2.75, 3.05) is 20.3 Å². The molecule has 1 heterocycles. The van der Waals surface area contributed by atoms with Gasteiger partial charge in [-0.25, -0.2) is 0 Å². The first-order valence-electron chi connectivity index (χ1n) is 10.6. The lowest BCUT2D eigenvalue weighted by molar-refractivity contribution is 0.0953. The molecule has 30 heavy (non-hydrogen) atoms. The maximum atomic E-state index is 12.5. The molecule has 0 aliphatic carbocycles. The number of aryl methyl sites for hydroxylation is 1. The van der Waals surface area contributed by atoms with Crippen LogP contribution in [0.25, 0.3) is 11.3 Å². The average Bonchev–Trinajstić information content (AvgIpc) is 3.08. The number of carbonyl (C=O) groups excluding carboxylic acids is 1. The summed E-state index contributed by atoms with van der Waals surface area (Å²) in [5, 5.41) is 7.78. The zero-order valence-electron chi connectivity index (χ0n) is 18.1. The molecule has 1 amide bonds. The van der Waals surface area contributed by atoms with Gasteiger partial charge in [0.25, 0.3) is 5.91 Å². The number of unbranched alkanes of at least 4 members (excludes halogenated alkanes) is 1. The average molecular weight is 406 g/mol. The molecule has 0 radical (unpaired) electrons. The molecule has 0 fully saturated rings. The summed E-state index contributed by atoms with van der Waals surface area (Å²) in [6, 6.07) is 18.2. The van der Waals surface area contributed by atoms with E-state index in [2.05, 4.69) is 30.4 Å². The fourth-order valence-corrected chi connectivity index (χ4v) is 3.60. The summed E-state index contributed by atoms with van der Waals surface area (Å²) < 4.78 is 7.31. The van der Waals surface area contributed by atoms with Crippen LogP contribution >= 0.6 is 0 Å². The molecule has 5 nitrogen and oxygen atoms in total. The Morgan fingerprint density at radius 3 is 2.67 bits per heavy atom. The Bertz CT molecular complexity index is 964. The van der Waals surface area contributed by atoms with Crippen molar-refractivity contribution in [3.63, 3.8) is 0 Å². The molecule has 0 unspecified atom stereocenters. The van der Waals surface area contributed by atoms with Crippen molar-refractivity contribution in [2.24, 2.45) is 0 Å². The van der Waals surface area contributed by atoms with E-state index in [1.165, 1.54) is 5.56 Å². The van der Waals surface area contributed by atoms with Crippen LogP contribution in [0.3, 0.4) is 0 Å². The molecule has 3 aromatic rings. The molecule has 0 aliphatic heterocycles. The Balaban J connectivity index is 1.90. The van der Waals surface area contributed by atoms with E-state index < -0.39 is 0 Å². The molecule has 3 rings (SSSR count). The van der Waals surface area contributed by atoms with Gasteiger partial charge < -0.3 is 10.1 Å². The molecule has 0 spiro atoms. The summed E-state index contributed by atoms with van der Waals surface area (Å²) in [5.41, 5.74) is 6.24. The highest BCUT2D eigenvalue weighted by molar-refractivity contribution is 5.94. The van der Waals surface area contributed by atoms with Gasteiger partial charge in [-0.2, -0.15) is 5.10 Å². The zero-order chi connectivity index (χ0) is 21.3. The Morgan fingerprint density at radius 2 is 1.93 bits per heavy atom. The Labute approximate surface area is 179 Å². The minimum atomic E-state index is -0.0129. The van der Waals surface area contributed by atoms with Crippen molar-refractivity contribution < 1.29 is 9.53 Å². The monoisotopic (exact) mass is 405 g/mol. The van der Waals surface area contributed by atoms with Gasteiger partial charge >= 0.3 is 0 Å². The van der Waals surface area contributed by atoms with Gasteiger partial charge in [0.2, 0.25) is 0 Å². The first-order chi connectivity index (χ1) is 14.6. The summed E-state index contributed by atoms with van der Waals surface area (Å²) in [4.78, 5) is 12.5. The van der Waals surface area contributed by atoms with E-state index in [9.17, 15) is 4.79 Å². The van der Waals surface area contributed by atoms with E-state index in [4.69, 9.17) is 9.84 Å². The first-order valence-corrected chi connectivity index (χ1v) is 10.6. The second-order valence-electron chi connectivity index (χ2n) is 7.48. The number of rotatable bonds is 10. The summed E-state index contributed by atoms with van der Waals surface area (Å²) >= 11 is 0. The third kappa shape index (κ3) is 5.36. The van der Waals surface area contributed by atoms with Crippen LogP contribution in [0.4, 0.5) is 0 Å². The number of carbonyl (C=O) groups is 1. The van der Waals surface area contributed by atoms with Crippen molar-refractivity contribution in [2.45, 2.75) is 39.7 Å². The second-order valence-corrected chi connectivity index (χ2v) is 7.48. The van der Waals surface area contributed by atoms with E-state index in [0.717, 1.165) is 41.8 Å². The number of amides is 1. The zero-order valence-corrected chi connectivity index (χ0v) is 18.1. The van der Waals surface area contributed by atoms with E-state index in [0.29, 0.717) is 25.3 Å². The molecule has 2 aromatic carbocycles. The van der Waals surface area contributed by atoms with Crippen LogP contribution in [0.2, 0.25) is 0 Å². The van der Waals surface area contributed by atoms with Gasteiger partial charge in [-0.15, -0.1) is 0 Å². The van der Waals surface area contributed by atoms with Gasteiger partial charge in [0.05, 0.1) is 24.5 Å². The summed E-state index contributed by atoms with van der Waals surface area (Å²) in [6.45, 7) is 6.18. The molecular formula is C25H31N3O2. The third-order valence-corrected chi connectivity index (χ3v) is 5.19. The minimum Gasteiger partial charge on any atom is -0.383 e. The number of benzene rings is 2. The van der Waals surface area contributed by atoms with Gasteiger partial charge in [0.15, 0.2) is 0 Å². The molecule has 0 saturated carbocycles. The quantitative estimate of drug-likeness (QED) is 0.501. The van der Waals surface area contributed by atoms with Gasteiger partial charge in [-0.3, -0.25) is 9.48 Å². The number of hydrogen-bond acceptors (Lipinski definition) is 3. The molecule has 158 valence electrons. The minimum absolute atomic E-state index is 0.0129. The Kier molecular flexibility index (Phi) is 7.80. The molecule has 0 atom stereocenters. The summed E-state index contributed by atoms with van der Waals surface area (Å²) in [7, 11) is 1.70. The van der Waals surface area contributed by atoms with Gasteiger partial charge in [-0.05, 0) is 31.0 Å². The van der Waals surface area contributed by atoms with Gasteiger partial charge in [0.1, 0.15) is 0 Å². The normalized spacial score (nSPS) is 10.9. The number of nitrogens with zero attached hydrogens (tertiary/aromatic N) is 2. The van der Waals surface area contributed by atoms with E-state index in [1.54, 1.807) is 7.11 Å². The maximum Gasteiger partial charge on any atom is 0.251 e. The van der Waals surface area contributed by atoms with Crippen LogP contribution in [0, 0.1) is 6.92 Å². The van der Waals surface area contributed by atoms with E-state index in [1.807, 2.05) is 48.0 Å². The number of hydrogen-bond donors (Lipinski definition) is 1. The van der Waals surface area contributed by atoms with E-state index >= 15 is 0 Å². The van der Waals surface area contributed by atoms with Crippen LogP contribution < -0.4 is 5.32 Å². The fraction of sp³-hybridized carbons (Fsp3) is 0.360. The summed E-state index contributed by atoms with van der Waals surface area (Å²) in [6.07, 6.45) is 2.78. The second kappa shape index (κ2) is 10.7. The number of methoxy groups -OCH3 is 1. The number of aromatic nitrogens is 2. The van der Waals surface area contributed by atoms with Crippen LogP contribution in [-0.4, -0.2) is 35.9 Å². The highest BCUT2D eigenvalue weighted by Crippen LogP contribution is 2.28. The summed E-state index contributed by atoms with van der Waals surface area (Å²) in [5.74, 6) is -0.0129. The fourth-order valence-electron chi connectivity index (χ4n) is 3.60. The van der Waals surface area contributed by atoms with Crippen molar-refractivity contribution in [1.82, 2.24) is 15.1 Å². The van der Waals surface area contributed by atoms with Crippen molar-refractivity contribution in [3.05, 3.63) is 77.0 Å². The predicted octanol–water partition coefficient (Wildman–Crippen LogP) is 4.63. The molecule has 0 bridgehead atoms. The highest BCUT2D eigenvalue weighted by atomic mass is 16.5. The Hall–Kier alpha value is -2.92. The topological polar surface area (TPSA) is 56.2 Å². The lowest BCUT2D eigenvalue weighted by Gasteiger charge is -2.11. The standard InChI is InChI=1S/C25H31N3O2/c1-4-5-14-26-25(29)22-13-9-10-20(17-22)18-23-19(2)27-28(15-16-30-3)24(23)21-11-7-6-8-12-21/h6-13,17H,4-5,14-16,18H2,1-3H3,(H,26,29). The lowest BCUT2D eigenvalue weighted by Crippen LogP contribution is -2.24. The first kappa shape index (κ1) is 21.8. The largest absolute Gasteiger partial charge is 0.383 e. The smallest absolute Gasteiger partial charge is 0.251 e. The molecule has 5 heteroatoms. The molecular weight excluding hydrogens is 374 g/mol. The van der Waals surface area contributed by atoms with E-state index in [-0.39, 0.29) is 5.91 Å². The molecule has 0 saturated heterocycles. The van der Waals surface area contributed by atoms with Crippen LogP contribution in [0.1, 0.15) is 46.9 Å². The van der Waals surface area contributed by atoms with Crippen molar-refractivity contribution >= 4 is 5.91 Å². The highest BCUT2D eigenvalue weighted by Gasteiger charge is 2.17. The van der Waals surface area contributed by atoms with Crippen LogP contribution in [0.15, 0.2) is 54.6 Å². The molecule has 1 aromatic heterocycles. The third-order valence-electron chi connectivity index (χ3n) is 5.19. The SMILES string of the molecule is CCCCNC(=O)c1cccc(Cc2c(C)nn(CCOC)c2-c2ccccc2)c1. The molecule has 0 aliphatic rings. The maximum absolute atomic E-state index is 12.5. The van der Waals surface area contributed by atoms with Crippen molar-refractivity contribution in [1.29, 1.82) is 0 Å². The van der Waals surface area contributed by atoms with Crippen LogP contribution in [-0.2, 0) is 17.7 Å². The number of ether oxygens (including phenoxy) is 1. The Morgan fingerprint density at radius 1 is 1.13 bits per heavy atom. The lowest BCUT2D eigenvalue weighted by atomic mass is 9.98. The molecule has 1 N–H and O–H groups in total. The van der Waals surface area contributed by atoms with Crippen LogP contribution in [0.5, 0.6) is 0 Å². The van der Waals surface area contributed by atoms with Crippen molar-refractivity contribution in [3.8, 4) is 11.3 Å². The van der Waals surface area contributed by atoms with Gasteiger partial charge in [-0.1, -0.05) is 55.8 Å². The van der Waals surface area contributed by atoms with Gasteiger partial charge in [0, 0.05) is 36.8 Å². The number of nitrogens with one attached hydrogen (secondary N) is 1. The predicted molar refractivity (Wildman–Crippen MR) is 121 cm³/mol.